The number of nitrogens with zero attached hydrogens (tertiary/aromatic N) is 1. The highest BCUT2D eigenvalue weighted by Gasteiger charge is 2.26. The van der Waals surface area contributed by atoms with Crippen molar-refractivity contribution in [3.05, 3.63) is 59.5 Å². The Hall–Kier alpha value is -2.60. The molecular weight excluding hydrogens is 320 g/mol. The van der Waals surface area contributed by atoms with E-state index in [1.54, 1.807) is 4.90 Å². The van der Waals surface area contributed by atoms with Crippen LogP contribution in [0.2, 0.25) is 0 Å². The van der Waals surface area contributed by atoms with Gasteiger partial charge in [-0.3, -0.25) is 4.79 Å². The quantitative estimate of drug-likeness (QED) is 0.845. The number of amides is 1. The van der Waals surface area contributed by atoms with E-state index in [1.807, 2.05) is 18.2 Å². The molecule has 1 aliphatic rings. The largest absolute Gasteiger partial charge is 0.465 e. The van der Waals surface area contributed by atoms with Gasteiger partial charge in [-0.05, 0) is 18.4 Å². The lowest BCUT2D eigenvalue weighted by atomic mass is 10.0. The van der Waals surface area contributed by atoms with E-state index in [2.05, 4.69) is 22.2 Å². The third-order valence-corrected chi connectivity index (χ3v) is 4.38. The van der Waals surface area contributed by atoms with E-state index in [1.165, 1.54) is 25.0 Å². The summed E-state index contributed by atoms with van der Waals surface area (Å²) < 4.78 is 9.89. The van der Waals surface area contributed by atoms with E-state index in [9.17, 15) is 9.59 Å². The molecular formula is C19H22N2O4. The number of nitrogens with one attached hydrogen (secondary N) is 1. The Morgan fingerprint density at radius 1 is 1.32 bits per heavy atom. The molecule has 1 aromatic carbocycles. The number of carbonyl (C=O) groups excluding carboxylic acids is 2. The number of hydrogen-bond donors (Lipinski definition) is 1. The van der Waals surface area contributed by atoms with E-state index < -0.39 is 5.97 Å². The van der Waals surface area contributed by atoms with Crippen LogP contribution >= 0.6 is 0 Å². The molecule has 1 fully saturated rings. The smallest absolute Gasteiger partial charge is 0.341 e. The number of furan rings is 1. The van der Waals surface area contributed by atoms with Crippen molar-refractivity contribution in [3.63, 3.8) is 0 Å². The molecule has 0 saturated carbocycles. The molecule has 3 rings (SSSR count). The molecule has 0 aliphatic carbocycles. The van der Waals surface area contributed by atoms with Crippen LogP contribution in [0.5, 0.6) is 0 Å². The molecule has 2 heterocycles. The average molecular weight is 342 g/mol. The summed E-state index contributed by atoms with van der Waals surface area (Å²) in [5.74, 6) is -0.533. The monoisotopic (exact) mass is 342 g/mol. The Kier molecular flexibility index (Phi) is 5.50. The molecule has 6 heteroatoms. The van der Waals surface area contributed by atoms with Crippen molar-refractivity contribution >= 4 is 11.9 Å². The highest BCUT2D eigenvalue weighted by Crippen LogP contribution is 2.17. The van der Waals surface area contributed by atoms with Crippen LogP contribution in [0, 0.1) is 0 Å². The van der Waals surface area contributed by atoms with Crippen LogP contribution in [0.25, 0.3) is 0 Å². The Morgan fingerprint density at radius 2 is 2.12 bits per heavy atom. The number of piperidine rings is 1. The summed E-state index contributed by atoms with van der Waals surface area (Å²) in [7, 11) is 1.30. The minimum Gasteiger partial charge on any atom is -0.465 e. The normalized spacial score (nSPS) is 17.3. The summed E-state index contributed by atoms with van der Waals surface area (Å²) in [5.41, 5.74) is 1.47. The van der Waals surface area contributed by atoms with Gasteiger partial charge >= 0.3 is 5.97 Å². The summed E-state index contributed by atoms with van der Waals surface area (Å²) in [6, 6.07) is 11.9. The maximum absolute atomic E-state index is 12.6. The lowest BCUT2D eigenvalue weighted by Crippen LogP contribution is -2.47. The van der Waals surface area contributed by atoms with Crippen molar-refractivity contribution in [3.8, 4) is 0 Å². The Bertz CT molecular complexity index is 726. The van der Waals surface area contributed by atoms with Gasteiger partial charge in [0.15, 0.2) is 5.76 Å². The van der Waals surface area contributed by atoms with Gasteiger partial charge < -0.3 is 19.4 Å². The minimum absolute atomic E-state index is 0.170. The molecule has 132 valence electrons. The van der Waals surface area contributed by atoms with E-state index in [-0.39, 0.29) is 23.3 Å². The predicted molar refractivity (Wildman–Crippen MR) is 92.3 cm³/mol. The number of benzene rings is 1. The van der Waals surface area contributed by atoms with Crippen LogP contribution in [0.3, 0.4) is 0 Å². The number of hydrogen-bond acceptors (Lipinski definition) is 5. The second kappa shape index (κ2) is 7.98. The third kappa shape index (κ3) is 4.28. The van der Waals surface area contributed by atoms with Crippen molar-refractivity contribution in [2.24, 2.45) is 0 Å². The first-order chi connectivity index (χ1) is 12.2. The number of carbonyl (C=O) groups is 2. The van der Waals surface area contributed by atoms with Gasteiger partial charge in [-0.25, -0.2) is 4.79 Å². The van der Waals surface area contributed by atoms with Crippen molar-refractivity contribution < 1.29 is 18.7 Å². The van der Waals surface area contributed by atoms with Crippen LogP contribution in [0.1, 0.15) is 39.3 Å². The molecule has 2 aromatic rings. The molecule has 1 amide bonds. The van der Waals surface area contributed by atoms with Gasteiger partial charge in [-0.2, -0.15) is 0 Å². The molecule has 1 aromatic heterocycles. The Morgan fingerprint density at radius 3 is 2.88 bits per heavy atom. The van der Waals surface area contributed by atoms with Crippen molar-refractivity contribution in [2.45, 2.75) is 25.4 Å². The Balaban J connectivity index is 1.58. The van der Waals surface area contributed by atoms with Crippen LogP contribution in [-0.4, -0.2) is 43.0 Å². The van der Waals surface area contributed by atoms with Gasteiger partial charge in [0.05, 0.1) is 12.7 Å². The fourth-order valence-electron chi connectivity index (χ4n) is 3.02. The topological polar surface area (TPSA) is 71.8 Å². The molecule has 0 unspecified atom stereocenters. The fourth-order valence-corrected chi connectivity index (χ4v) is 3.02. The van der Waals surface area contributed by atoms with Crippen molar-refractivity contribution in [1.82, 2.24) is 10.2 Å². The van der Waals surface area contributed by atoms with Crippen molar-refractivity contribution in [2.75, 3.05) is 20.2 Å². The number of rotatable bonds is 5. The molecule has 1 aliphatic heterocycles. The van der Waals surface area contributed by atoms with Crippen LogP contribution in [-0.2, 0) is 11.3 Å². The fraction of sp³-hybridized carbons (Fsp3) is 0.368. The SMILES string of the molecule is COC(=O)c1coc(C(=O)N2CCC[C@H](NCc3ccccc3)C2)c1. The zero-order chi connectivity index (χ0) is 17.6. The van der Waals surface area contributed by atoms with Gasteiger partial charge in [0.1, 0.15) is 6.26 Å². The van der Waals surface area contributed by atoms with E-state index >= 15 is 0 Å². The summed E-state index contributed by atoms with van der Waals surface area (Å²) in [6.45, 7) is 2.09. The molecule has 1 N–H and O–H groups in total. The highest BCUT2D eigenvalue weighted by atomic mass is 16.5. The molecule has 1 atom stereocenters. The van der Waals surface area contributed by atoms with Crippen LogP contribution in [0.4, 0.5) is 0 Å². The molecule has 0 spiro atoms. The van der Waals surface area contributed by atoms with Gasteiger partial charge in [0, 0.05) is 31.7 Å². The lowest BCUT2D eigenvalue weighted by molar-refractivity contribution is 0.0599. The summed E-state index contributed by atoms with van der Waals surface area (Å²) >= 11 is 0. The number of methoxy groups -OCH3 is 1. The molecule has 0 radical (unpaired) electrons. The van der Waals surface area contributed by atoms with Crippen molar-refractivity contribution in [1.29, 1.82) is 0 Å². The van der Waals surface area contributed by atoms with Gasteiger partial charge in [0.25, 0.3) is 5.91 Å². The molecule has 25 heavy (non-hydrogen) atoms. The number of esters is 1. The standard InChI is InChI=1S/C19H22N2O4/c1-24-19(23)15-10-17(25-13-15)18(22)21-9-5-8-16(12-21)20-11-14-6-3-2-4-7-14/h2-4,6-7,10,13,16,20H,5,8-9,11-12H2,1H3/t16-/m0/s1. The van der Waals surface area contributed by atoms with Crippen LogP contribution in [0.15, 0.2) is 47.1 Å². The highest BCUT2D eigenvalue weighted by molar-refractivity contribution is 5.96. The van der Waals surface area contributed by atoms with E-state index in [4.69, 9.17) is 4.42 Å². The number of likely N-dealkylation sites (tertiary alicyclic amines) is 1. The maximum atomic E-state index is 12.6. The van der Waals surface area contributed by atoms with E-state index in [0.717, 1.165) is 19.4 Å². The molecule has 0 bridgehead atoms. The summed E-state index contributed by atoms with van der Waals surface area (Å²) in [6.07, 6.45) is 3.22. The van der Waals surface area contributed by atoms with Crippen LogP contribution < -0.4 is 5.32 Å². The minimum atomic E-state index is -0.510. The first-order valence-electron chi connectivity index (χ1n) is 8.41. The predicted octanol–water partition coefficient (Wildman–Crippen LogP) is 2.46. The molecule has 1 saturated heterocycles. The summed E-state index contributed by atoms with van der Waals surface area (Å²) in [4.78, 5) is 25.8. The lowest BCUT2D eigenvalue weighted by Gasteiger charge is -2.32. The first-order valence-corrected chi connectivity index (χ1v) is 8.41. The zero-order valence-corrected chi connectivity index (χ0v) is 14.2. The van der Waals surface area contributed by atoms with Gasteiger partial charge in [-0.1, -0.05) is 30.3 Å². The zero-order valence-electron chi connectivity index (χ0n) is 14.2. The second-order valence-corrected chi connectivity index (χ2v) is 6.15. The van der Waals surface area contributed by atoms with E-state index in [0.29, 0.717) is 13.1 Å². The second-order valence-electron chi connectivity index (χ2n) is 6.15. The van der Waals surface area contributed by atoms with Gasteiger partial charge in [0.2, 0.25) is 0 Å². The summed E-state index contributed by atoms with van der Waals surface area (Å²) in [5, 5.41) is 3.51. The Labute approximate surface area is 146 Å². The first kappa shape index (κ1) is 17.2. The third-order valence-electron chi connectivity index (χ3n) is 4.38. The van der Waals surface area contributed by atoms with Gasteiger partial charge in [-0.15, -0.1) is 0 Å². The maximum Gasteiger partial charge on any atom is 0.341 e. The number of ether oxygens (including phenoxy) is 1. The molecule has 6 nitrogen and oxygen atoms in total. The average Bonchev–Trinajstić information content (AvgIpc) is 3.16.